The first kappa shape index (κ1) is 9.93. The molecule has 0 amide bonds. The van der Waals surface area contributed by atoms with Crippen LogP contribution in [0.3, 0.4) is 0 Å². The van der Waals surface area contributed by atoms with E-state index >= 15 is 0 Å². The molecule has 78 valence electrons. The number of nitrogens with one attached hydrogen (secondary N) is 1. The van der Waals surface area contributed by atoms with Gasteiger partial charge in [-0.25, -0.2) is 4.98 Å². The molecule has 0 aliphatic heterocycles. The van der Waals surface area contributed by atoms with Gasteiger partial charge in [-0.05, 0) is 17.5 Å². The van der Waals surface area contributed by atoms with Crippen LogP contribution in [0.15, 0.2) is 36.7 Å². The molecular weight excluding hydrogens is 188 g/mol. The Morgan fingerprint density at radius 1 is 1.33 bits per heavy atom. The summed E-state index contributed by atoms with van der Waals surface area (Å²) >= 11 is 0. The van der Waals surface area contributed by atoms with Crippen molar-refractivity contribution in [3.05, 3.63) is 53.6 Å². The quantitative estimate of drug-likeness (QED) is 0.800. The fourth-order valence-corrected chi connectivity index (χ4v) is 1.52. The topological polar surface area (TPSA) is 48.9 Å². The predicted octanol–water partition coefficient (Wildman–Crippen LogP) is 2.05. The van der Waals surface area contributed by atoms with Gasteiger partial charge in [-0.1, -0.05) is 31.2 Å². The third-order valence-electron chi connectivity index (χ3n) is 2.48. The molecule has 0 aliphatic rings. The monoisotopic (exact) mass is 202 g/mol. The van der Waals surface area contributed by atoms with E-state index in [1.165, 1.54) is 5.56 Å². The molecule has 2 N–H and O–H groups in total. The van der Waals surface area contributed by atoms with Crippen molar-refractivity contribution in [3.63, 3.8) is 0 Å². The number of rotatable bonds is 3. The van der Waals surface area contributed by atoms with Crippen molar-refractivity contribution in [1.29, 1.82) is 0 Å². The van der Waals surface area contributed by atoms with Crippen LogP contribution in [0.4, 0.5) is 0 Å². The molecular formula is C12H14N2O. The number of hydrogen-bond donors (Lipinski definition) is 2. The number of aliphatic hydroxyl groups excluding tert-OH is 1. The van der Waals surface area contributed by atoms with Gasteiger partial charge in [-0.3, -0.25) is 0 Å². The standard InChI is InChI=1S/C12H14N2O/c1-2-9-3-5-10(6-4-9)11(15)12-13-7-8-14-12/h3-8,11,15H,2H2,1H3,(H,13,14). The molecule has 1 aromatic heterocycles. The Balaban J connectivity index is 2.22. The van der Waals surface area contributed by atoms with E-state index in [2.05, 4.69) is 16.9 Å². The van der Waals surface area contributed by atoms with E-state index in [4.69, 9.17) is 0 Å². The highest BCUT2D eigenvalue weighted by Crippen LogP contribution is 2.18. The van der Waals surface area contributed by atoms with Crippen LogP contribution in [-0.4, -0.2) is 15.1 Å². The molecule has 15 heavy (non-hydrogen) atoms. The van der Waals surface area contributed by atoms with Crippen molar-refractivity contribution in [3.8, 4) is 0 Å². The first-order chi connectivity index (χ1) is 7.31. The highest BCUT2D eigenvalue weighted by atomic mass is 16.3. The lowest BCUT2D eigenvalue weighted by Crippen LogP contribution is -2.01. The maximum Gasteiger partial charge on any atom is 0.139 e. The van der Waals surface area contributed by atoms with Crippen LogP contribution in [0, 0.1) is 0 Å². The van der Waals surface area contributed by atoms with Crippen molar-refractivity contribution < 1.29 is 5.11 Å². The van der Waals surface area contributed by atoms with Crippen LogP contribution in [0.25, 0.3) is 0 Å². The number of aromatic nitrogens is 2. The maximum absolute atomic E-state index is 9.95. The molecule has 0 bridgehead atoms. The summed E-state index contributed by atoms with van der Waals surface area (Å²) in [6.07, 6.45) is 3.70. The molecule has 0 saturated heterocycles. The van der Waals surface area contributed by atoms with Gasteiger partial charge >= 0.3 is 0 Å². The molecule has 0 spiro atoms. The fourth-order valence-electron chi connectivity index (χ4n) is 1.52. The van der Waals surface area contributed by atoms with Gasteiger partial charge in [0.05, 0.1) is 0 Å². The predicted molar refractivity (Wildman–Crippen MR) is 58.5 cm³/mol. The Bertz CT molecular complexity index is 406. The third kappa shape index (κ3) is 2.07. The molecule has 1 atom stereocenters. The summed E-state index contributed by atoms with van der Waals surface area (Å²) in [5.41, 5.74) is 2.13. The molecule has 1 unspecified atom stereocenters. The van der Waals surface area contributed by atoms with Gasteiger partial charge in [-0.2, -0.15) is 0 Å². The summed E-state index contributed by atoms with van der Waals surface area (Å²) in [5.74, 6) is 0.583. The van der Waals surface area contributed by atoms with Crippen LogP contribution in [0.2, 0.25) is 0 Å². The lowest BCUT2D eigenvalue weighted by Gasteiger charge is -2.08. The van der Waals surface area contributed by atoms with Gasteiger partial charge in [0.15, 0.2) is 0 Å². The van der Waals surface area contributed by atoms with E-state index in [1.807, 2.05) is 24.3 Å². The van der Waals surface area contributed by atoms with Gasteiger partial charge in [0.2, 0.25) is 0 Å². The Morgan fingerprint density at radius 3 is 2.60 bits per heavy atom. The average molecular weight is 202 g/mol. The van der Waals surface area contributed by atoms with Gasteiger partial charge in [-0.15, -0.1) is 0 Å². The van der Waals surface area contributed by atoms with Crippen LogP contribution >= 0.6 is 0 Å². The van der Waals surface area contributed by atoms with Gasteiger partial charge in [0, 0.05) is 12.4 Å². The Hall–Kier alpha value is -1.61. The molecule has 0 aliphatic carbocycles. The van der Waals surface area contributed by atoms with Crippen molar-refractivity contribution in [1.82, 2.24) is 9.97 Å². The summed E-state index contributed by atoms with van der Waals surface area (Å²) in [5, 5.41) is 9.95. The number of H-pyrrole nitrogens is 1. The van der Waals surface area contributed by atoms with Crippen LogP contribution in [0.5, 0.6) is 0 Å². The van der Waals surface area contributed by atoms with E-state index in [-0.39, 0.29) is 0 Å². The number of aliphatic hydroxyl groups is 1. The van der Waals surface area contributed by atoms with Crippen LogP contribution < -0.4 is 0 Å². The minimum Gasteiger partial charge on any atom is -0.380 e. The molecule has 1 heterocycles. The van der Waals surface area contributed by atoms with Crippen molar-refractivity contribution in [2.45, 2.75) is 19.4 Å². The molecule has 0 fully saturated rings. The summed E-state index contributed by atoms with van der Waals surface area (Å²) in [6, 6.07) is 7.93. The number of benzene rings is 1. The third-order valence-corrected chi connectivity index (χ3v) is 2.48. The molecule has 0 radical (unpaired) electrons. The second kappa shape index (κ2) is 4.28. The van der Waals surface area contributed by atoms with E-state index in [1.54, 1.807) is 12.4 Å². The Labute approximate surface area is 88.8 Å². The molecule has 1 aromatic carbocycles. The van der Waals surface area contributed by atoms with E-state index in [0.29, 0.717) is 5.82 Å². The maximum atomic E-state index is 9.95. The highest BCUT2D eigenvalue weighted by Gasteiger charge is 2.11. The summed E-state index contributed by atoms with van der Waals surface area (Å²) in [6.45, 7) is 2.11. The largest absolute Gasteiger partial charge is 0.380 e. The molecule has 3 heteroatoms. The normalized spacial score (nSPS) is 12.7. The minimum atomic E-state index is -0.661. The smallest absolute Gasteiger partial charge is 0.139 e. The molecule has 3 nitrogen and oxygen atoms in total. The van der Waals surface area contributed by atoms with Gasteiger partial charge in [0.25, 0.3) is 0 Å². The van der Waals surface area contributed by atoms with E-state index in [9.17, 15) is 5.11 Å². The summed E-state index contributed by atoms with van der Waals surface area (Å²) in [4.78, 5) is 6.93. The number of hydrogen-bond acceptors (Lipinski definition) is 2. The average Bonchev–Trinajstić information content (AvgIpc) is 2.82. The van der Waals surface area contributed by atoms with Crippen LogP contribution in [0.1, 0.15) is 30.0 Å². The van der Waals surface area contributed by atoms with Crippen LogP contribution in [-0.2, 0) is 6.42 Å². The molecule has 2 rings (SSSR count). The number of imidazole rings is 1. The molecule has 2 aromatic rings. The number of nitrogens with zero attached hydrogens (tertiary/aromatic N) is 1. The second-order valence-electron chi connectivity index (χ2n) is 3.47. The van der Waals surface area contributed by atoms with Crippen molar-refractivity contribution in [2.24, 2.45) is 0 Å². The number of aryl methyl sites for hydroxylation is 1. The lowest BCUT2D eigenvalue weighted by atomic mass is 10.1. The first-order valence-electron chi connectivity index (χ1n) is 5.07. The zero-order valence-corrected chi connectivity index (χ0v) is 8.64. The molecule has 0 saturated carbocycles. The zero-order valence-electron chi connectivity index (χ0n) is 8.64. The lowest BCUT2D eigenvalue weighted by molar-refractivity contribution is 0.211. The second-order valence-corrected chi connectivity index (χ2v) is 3.47. The fraction of sp³-hybridized carbons (Fsp3) is 0.250. The summed E-state index contributed by atoms with van der Waals surface area (Å²) in [7, 11) is 0. The van der Waals surface area contributed by atoms with E-state index in [0.717, 1.165) is 12.0 Å². The minimum absolute atomic E-state index is 0.583. The first-order valence-corrected chi connectivity index (χ1v) is 5.07. The zero-order chi connectivity index (χ0) is 10.7. The Morgan fingerprint density at radius 2 is 2.07 bits per heavy atom. The van der Waals surface area contributed by atoms with Gasteiger partial charge < -0.3 is 10.1 Å². The SMILES string of the molecule is CCc1ccc(C(O)c2ncc[nH]2)cc1. The Kier molecular flexibility index (Phi) is 2.83. The van der Waals surface area contributed by atoms with E-state index < -0.39 is 6.10 Å². The van der Waals surface area contributed by atoms with Crippen molar-refractivity contribution in [2.75, 3.05) is 0 Å². The van der Waals surface area contributed by atoms with Gasteiger partial charge in [0.1, 0.15) is 11.9 Å². The number of aromatic amines is 1. The highest BCUT2D eigenvalue weighted by molar-refractivity contribution is 5.27. The van der Waals surface area contributed by atoms with Crippen molar-refractivity contribution >= 4 is 0 Å². The summed E-state index contributed by atoms with van der Waals surface area (Å²) < 4.78 is 0.